The summed E-state index contributed by atoms with van der Waals surface area (Å²) in [7, 11) is -1.31. The minimum Gasteiger partial charge on any atom is -0.480 e. The number of carboxylic acid groups (broad SMARTS) is 1. The van der Waals surface area contributed by atoms with Crippen LogP contribution in [0, 0.1) is 0 Å². The Balaban J connectivity index is 1.81. The van der Waals surface area contributed by atoms with Crippen molar-refractivity contribution in [3.05, 3.63) is 12.1 Å². The summed E-state index contributed by atoms with van der Waals surface area (Å²) in [5.74, 6) is -2.96. The summed E-state index contributed by atoms with van der Waals surface area (Å²) in [5, 5.41) is 54.1. The first-order valence-corrected chi connectivity index (χ1v) is 12.6. The molecule has 17 nitrogen and oxygen atoms in total. The first-order chi connectivity index (χ1) is 17.8. The minimum atomic E-state index is -3.94. The molecule has 0 unspecified atom stereocenters. The van der Waals surface area contributed by atoms with Crippen LogP contribution in [0.4, 0.5) is 5.69 Å². The molecule has 1 aliphatic heterocycles. The number of fused-ring (bicyclic) bond motifs is 1. The highest BCUT2D eigenvalue weighted by molar-refractivity contribution is 7.89. The number of carbonyl (C=O) groups is 3. The van der Waals surface area contributed by atoms with Crippen LogP contribution < -0.4 is 16.0 Å². The number of carboxylic acids is 1. The van der Waals surface area contributed by atoms with Crippen LogP contribution in [-0.2, 0) is 29.1 Å². The molecule has 0 spiro atoms. The van der Waals surface area contributed by atoms with Gasteiger partial charge in [-0.1, -0.05) is 0 Å². The van der Waals surface area contributed by atoms with Gasteiger partial charge in [-0.05, 0) is 22.4 Å². The third-order valence-electron chi connectivity index (χ3n) is 5.75. The number of sulfonamides is 1. The summed E-state index contributed by atoms with van der Waals surface area (Å²) in [5.41, 5.74) is -0.236. The molecule has 6 atom stereocenters. The smallest absolute Gasteiger partial charge is 0.326 e. The Morgan fingerprint density at radius 2 is 1.76 bits per heavy atom. The standard InChI is InChI=1S/C20H28N6O11S/c1-8(28)21-16-18(31)17(30)11(7-27)36-19(16)23-13(29)6-10(20(32)33)22-9-4-5-12(38(34,35)26(2)3)15-14(9)24-37-25-15/h4-5,10-11,16-19,22,27,30-31H,6-7H2,1-3H3,(H,21,28)(H,23,29)(H,32,33)/t10-,11+,16+,17+,18+,19+/m0/s1. The molecule has 2 heterocycles. The number of amides is 2. The number of nitrogens with zero attached hydrogens (tertiary/aromatic N) is 3. The van der Waals surface area contributed by atoms with Gasteiger partial charge in [0.1, 0.15) is 35.3 Å². The third-order valence-corrected chi connectivity index (χ3v) is 7.60. The van der Waals surface area contributed by atoms with Crippen molar-refractivity contribution in [2.75, 3.05) is 26.0 Å². The topological polar surface area (TPSA) is 254 Å². The van der Waals surface area contributed by atoms with Gasteiger partial charge in [0.05, 0.1) is 18.7 Å². The highest BCUT2D eigenvalue weighted by Gasteiger charge is 2.45. The Morgan fingerprint density at radius 3 is 2.34 bits per heavy atom. The van der Waals surface area contributed by atoms with E-state index in [4.69, 9.17) is 4.74 Å². The number of nitrogens with one attached hydrogen (secondary N) is 3. The van der Waals surface area contributed by atoms with Crippen LogP contribution in [0.3, 0.4) is 0 Å². The molecule has 2 aromatic rings. The number of benzene rings is 1. The molecule has 0 aliphatic carbocycles. The number of aliphatic hydroxyl groups excluding tert-OH is 3. The van der Waals surface area contributed by atoms with E-state index in [0.717, 1.165) is 11.2 Å². The molecule has 210 valence electrons. The quantitative estimate of drug-likeness (QED) is 0.151. The van der Waals surface area contributed by atoms with Crippen molar-refractivity contribution in [1.82, 2.24) is 25.3 Å². The number of carbonyl (C=O) groups excluding carboxylic acids is 2. The number of anilines is 1. The highest BCUT2D eigenvalue weighted by Crippen LogP contribution is 2.29. The summed E-state index contributed by atoms with van der Waals surface area (Å²) in [4.78, 5) is 36.0. The van der Waals surface area contributed by atoms with E-state index in [2.05, 4.69) is 30.9 Å². The SMILES string of the molecule is CC(=O)N[C@@H]1[C@@H](O)[C@H](O)[C@@H](CO)O[C@H]1NC(=O)C[C@H](Nc1ccc(S(=O)(=O)N(C)C)c2nonc12)C(=O)O. The third kappa shape index (κ3) is 6.00. The van der Waals surface area contributed by atoms with E-state index in [0.29, 0.717) is 0 Å². The van der Waals surface area contributed by atoms with E-state index < -0.39 is 77.5 Å². The van der Waals surface area contributed by atoms with Crippen molar-refractivity contribution in [3.8, 4) is 0 Å². The zero-order valence-electron chi connectivity index (χ0n) is 20.4. The lowest BCUT2D eigenvalue weighted by Gasteiger charge is -2.42. The maximum absolute atomic E-state index is 12.8. The summed E-state index contributed by atoms with van der Waals surface area (Å²) >= 11 is 0. The Morgan fingerprint density at radius 1 is 1.11 bits per heavy atom. The van der Waals surface area contributed by atoms with Crippen LogP contribution in [0.2, 0.25) is 0 Å². The molecule has 38 heavy (non-hydrogen) atoms. The predicted molar refractivity (Wildman–Crippen MR) is 126 cm³/mol. The van der Waals surface area contributed by atoms with E-state index >= 15 is 0 Å². The fourth-order valence-corrected chi connectivity index (χ4v) is 4.80. The zero-order chi connectivity index (χ0) is 28.4. The van der Waals surface area contributed by atoms with Gasteiger partial charge in [-0.15, -0.1) is 0 Å². The molecule has 1 aromatic carbocycles. The number of rotatable bonds is 10. The van der Waals surface area contributed by atoms with Crippen molar-refractivity contribution in [2.45, 2.75) is 54.9 Å². The zero-order valence-corrected chi connectivity index (χ0v) is 21.2. The molecule has 1 fully saturated rings. The lowest BCUT2D eigenvalue weighted by Crippen LogP contribution is -2.68. The molecule has 0 bridgehead atoms. The maximum atomic E-state index is 12.8. The van der Waals surface area contributed by atoms with Crippen LogP contribution in [0.25, 0.3) is 11.0 Å². The predicted octanol–water partition coefficient (Wildman–Crippen LogP) is -3.21. The largest absolute Gasteiger partial charge is 0.480 e. The van der Waals surface area contributed by atoms with E-state index in [1.807, 2.05) is 0 Å². The Bertz CT molecular complexity index is 1300. The van der Waals surface area contributed by atoms with Gasteiger partial charge in [0, 0.05) is 21.0 Å². The summed E-state index contributed by atoms with van der Waals surface area (Å²) in [6.07, 6.45) is -6.60. The van der Waals surface area contributed by atoms with Crippen molar-refractivity contribution < 1.29 is 52.6 Å². The van der Waals surface area contributed by atoms with Gasteiger partial charge < -0.3 is 41.1 Å². The van der Waals surface area contributed by atoms with Crippen LogP contribution in [0.15, 0.2) is 21.7 Å². The van der Waals surface area contributed by atoms with Gasteiger partial charge in [0.2, 0.25) is 21.8 Å². The number of hydrogen-bond acceptors (Lipinski definition) is 13. The fourth-order valence-electron chi connectivity index (χ4n) is 3.79. The van der Waals surface area contributed by atoms with E-state index in [1.165, 1.54) is 26.2 Å². The molecule has 1 aromatic heterocycles. The summed E-state index contributed by atoms with van der Waals surface area (Å²) in [6, 6.07) is -0.452. The van der Waals surface area contributed by atoms with Crippen molar-refractivity contribution in [1.29, 1.82) is 0 Å². The summed E-state index contributed by atoms with van der Waals surface area (Å²) in [6.45, 7) is 0.424. The molecule has 3 rings (SSSR count). The second-order valence-corrected chi connectivity index (χ2v) is 10.8. The number of aliphatic hydroxyl groups is 3. The second-order valence-electron chi connectivity index (χ2n) is 8.65. The minimum absolute atomic E-state index is 0.0167. The summed E-state index contributed by atoms with van der Waals surface area (Å²) < 4.78 is 36.1. The van der Waals surface area contributed by atoms with Gasteiger partial charge in [-0.3, -0.25) is 9.59 Å². The average molecular weight is 561 g/mol. The number of ether oxygens (including phenoxy) is 1. The fraction of sp³-hybridized carbons (Fsp3) is 0.550. The number of aromatic nitrogens is 2. The van der Waals surface area contributed by atoms with Crippen molar-refractivity contribution >= 4 is 44.5 Å². The van der Waals surface area contributed by atoms with Gasteiger partial charge in [0.15, 0.2) is 17.3 Å². The molecule has 1 aliphatic rings. The molecular weight excluding hydrogens is 532 g/mol. The van der Waals surface area contributed by atoms with Crippen LogP contribution in [0.1, 0.15) is 13.3 Å². The molecule has 0 saturated carbocycles. The number of hydrogen-bond donors (Lipinski definition) is 7. The van der Waals surface area contributed by atoms with Gasteiger partial charge >= 0.3 is 5.97 Å². The maximum Gasteiger partial charge on any atom is 0.326 e. The van der Waals surface area contributed by atoms with Crippen molar-refractivity contribution in [3.63, 3.8) is 0 Å². The molecular formula is C20H28N6O11S. The van der Waals surface area contributed by atoms with E-state index in [-0.39, 0.29) is 21.6 Å². The normalized spacial score (nSPS) is 24.7. The monoisotopic (exact) mass is 560 g/mol. The average Bonchev–Trinajstić information content (AvgIpc) is 3.33. The second kappa shape index (κ2) is 11.5. The molecule has 2 amide bonds. The first-order valence-electron chi connectivity index (χ1n) is 11.1. The van der Waals surface area contributed by atoms with Gasteiger partial charge in [-0.2, -0.15) is 0 Å². The Kier molecular flexibility index (Phi) is 8.85. The van der Waals surface area contributed by atoms with Crippen LogP contribution in [0.5, 0.6) is 0 Å². The Hall–Kier alpha value is -3.42. The highest BCUT2D eigenvalue weighted by atomic mass is 32.2. The molecule has 0 radical (unpaired) electrons. The molecule has 7 N–H and O–H groups in total. The number of aliphatic carboxylic acids is 1. The van der Waals surface area contributed by atoms with Crippen LogP contribution in [-0.4, -0.2) is 119 Å². The van der Waals surface area contributed by atoms with Gasteiger partial charge in [-0.25, -0.2) is 22.1 Å². The van der Waals surface area contributed by atoms with E-state index in [1.54, 1.807) is 0 Å². The lowest BCUT2D eigenvalue weighted by molar-refractivity contribution is -0.203. The molecule has 1 saturated heterocycles. The molecule has 18 heteroatoms. The first kappa shape index (κ1) is 29.1. The lowest BCUT2D eigenvalue weighted by atomic mass is 9.95. The Labute approximate surface area is 215 Å². The van der Waals surface area contributed by atoms with Crippen LogP contribution >= 0.6 is 0 Å². The van der Waals surface area contributed by atoms with Gasteiger partial charge in [0.25, 0.3) is 0 Å². The van der Waals surface area contributed by atoms with Crippen molar-refractivity contribution in [2.24, 2.45) is 0 Å². The van der Waals surface area contributed by atoms with E-state index in [9.17, 15) is 43.2 Å².